The van der Waals surface area contributed by atoms with Gasteiger partial charge in [-0.05, 0) is 28.9 Å². The quantitative estimate of drug-likeness (QED) is 0.785. The fourth-order valence-corrected chi connectivity index (χ4v) is 2.08. The Bertz CT molecular complexity index is 578. The predicted octanol–water partition coefficient (Wildman–Crippen LogP) is -0.225. The van der Waals surface area contributed by atoms with Crippen LogP contribution in [0, 0.1) is 6.92 Å². The molecule has 0 aliphatic rings. The topological polar surface area (TPSA) is 123 Å². The Morgan fingerprint density at radius 1 is 1.56 bits per heavy atom. The summed E-state index contributed by atoms with van der Waals surface area (Å²) in [6, 6.07) is 0. The van der Waals surface area contributed by atoms with E-state index < -0.39 is 11.9 Å². The third kappa shape index (κ3) is 2.48. The molecule has 1 amide bonds. The molecule has 10 heteroatoms. The maximum Gasteiger partial charge on any atom is 0.340 e. The molecule has 0 aromatic carbocycles. The van der Waals surface area contributed by atoms with Gasteiger partial charge in [0.25, 0.3) is 0 Å². The number of amides is 1. The minimum atomic E-state index is -1.13. The smallest absolute Gasteiger partial charge is 0.340 e. The number of rotatable bonds is 4. The van der Waals surface area contributed by atoms with Crippen LogP contribution in [-0.4, -0.2) is 41.6 Å². The van der Waals surface area contributed by atoms with E-state index in [2.05, 4.69) is 25.2 Å². The number of carboxylic acids is 1. The second-order valence-corrected chi connectivity index (χ2v) is 4.11. The van der Waals surface area contributed by atoms with E-state index in [1.807, 2.05) is 0 Å². The van der Waals surface area contributed by atoms with E-state index >= 15 is 0 Å². The number of nitrogens with one attached hydrogen (secondary N) is 1. The third-order valence-electron chi connectivity index (χ3n) is 2.03. The van der Waals surface area contributed by atoms with Gasteiger partial charge in [0.05, 0.1) is 5.69 Å². The van der Waals surface area contributed by atoms with Crippen LogP contribution in [0.25, 0.3) is 0 Å². The Morgan fingerprint density at radius 3 is 2.94 bits per heavy atom. The van der Waals surface area contributed by atoms with Crippen molar-refractivity contribution in [3.63, 3.8) is 0 Å². The van der Waals surface area contributed by atoms with E-state index in [9.17, 15) is 9.59 Å². The van der Waals surface area contributed by atoms with E-state index in [-0.39, 0.29) is 17.1 Å². The fourth-order valence-electron chi connectivity index (χ4n) is 1.27. The predicted molar refractivity (Wildman–Crippen MR) is 60.3 cm³/mol. The Hall–Kier alpha value is -2.36. The summed E-state index contributed by atoms with van der Waals surface area (Å²) < 4.78 is 5.11. The maximum atomic E-state index is 11.6. The lowest BCUT2D eigenvalue weighted by atomic mass is 10.2. The van der Waals surface area contributed by atoms with Gasteiger partial charge in [0.1, 0.15) is 23.4 Å². The number of carbonyl (C=O) groups is 2. The van der Waals surface area contributed by atoms with Gasteiger partial charge in [0.15, 0.2) is 0 Å². The summed E-state index contributed by atoms with van der Waals surface area (Å²) in [5.74, 6) is -1.55. The Kier molecular flexibility index (Phi) is 3.28. The van der Waals surface area contributed by atoms with Crippen molar-refractivity contribution in [2.45, 2.75) is 13.5 Å². The molecule has 2 aromatic heterocycles. The monoisotopic (exact) mass is 268 g/mol. The van der Waals surface area contributed by atoms with E-state index in [1.54, 1.807) is 6.92 Å². The van der Waals surface area contributed by atoms with Crippen LogP contribution in [0.15, 0.2) is 6.33 Å². The number of anilines is 1. The number of aromatic carboxylic acids is 1. The molecule has 94 valence electrons. The number of hydrogen-bond donors (Lipinski definition) is 2. The highest BCUT2D eigenvalue weighted by molar-refractivity contribution is 7.11. The molecular weight excluding hydrogens is 260 g/mol. The first-order valence-corrected chi connectivity index (χ1v) is 5.55. The van der Waals surface area contributed by atoms with Gasteiger partial charge in [-0.15, -0.1) is 5.10 Å². The van der Waals surface area contributed by atoms with Gasteiger partial charge < -0.3 is 10.4 Å². The van der Waals surface area contributed by atoms with Crippen molar-refractivity contribution in [2.24, 2.45) is 0 Å². The molecular formula is C8H8N6O3S. The summed E-state index contributed by atoms with van der Waals surface area (Å²) in [4.78, 5) is 22.6. The molecule has 0 saturated carbocycles. The van der Waals surface area contributed by atoms with Gasteiger partial charge in [-0.1, -0.05) is 0 Å². The Balaban J connectivity index is 2.10. The fraction of sp³-hybridized carbons (Fsp3) is 0.250. The number of aryl methyl sites for hydroxylation is 1. The maximum absolute atomic E-state index is 11.6. The van der Waals surface area contributed by atoms with Crippen LogP contribution in [0.2, 0.25) is 0 Å². The first-order valence-electron chi connectivity index (χ1n) is 4.78. The van der Waals surface area contributed by atoms with Crippen molar-refractivity contribution < 1.29 is 14.7 Å². The van der Waals surface area contributed by atoms with Gasteiger partial charge in [-0.3, -0.25) is 4.79 Å². The molecule has 0 aliphatic carbocycles. The van der Waals surface area contributed by atoms with E-state index in [1.165, 1.54) is 11.0 Å². The van der Waals surface area contributed by atoms with Crippen molar-refractivity contribution in [2.75, 3.05) is 5.32 Å². The standard InChI is InChI=1S/C8H8N6O3S/c1-4-6(8(16)17)7(18-11-4)10-5(15)2-14-3-9-12-13-14/h3H,2H2,1H3,(H,10,15)(H,16,17). The zero-order chi connectivity index (χ0) is 13.1. The largest absolute Gasteiger partial charge is 0.478 e. The zero-order valence-electron chi connectivity index (χ0n) is 9.19. The molecule has 0 fully saturated rings. The lowest BCUT2D eigenvalue weighted by Gasteiger charge is -2.02. The van der Waals surface area contributed by atoms with Crippen molar-refractivity contribution in [3.8, 4) is 0 Å². The average Bonchev–Trinajstić information content (AvgIpc) is 2.88. The summed E-state index contributed by atoms with van der Waals surface area (Å²) in [6.45, 7) is 1.47. The van der Waals surface area contributed by atoms with E-state index in [0.717, 1.165) is 11.5 Å². The molecule has 2 heterocycles. The van der Waals surface area contributed by atoms with Crippen LogP contribution in [0.5, 0.6) is 0 Å². The van der Waals surface area contributed by atoms with E-state index in [4.69, 9.17) is 5.11 Å². The summed E-state index contributed by atoms with van der Waals surface area (Å²) >= 11 is 0.922. The van der Waals surface area contributed by atoms with Gasteiger partial charge in [-0.25, -0.2) is 9.48 Å². The molecule has 2 rings (SSSR count). The normalized spacial score (nSPS) is 10.3. The van der Waals surface area contributed by atoms with E-state index in [0.29, 0.717) is 5.69 Å². The molecule has 9 nitrogen and oxygen atoms in total. The highest BCUT2D eigenvalue weighted by atomic mass is 32.1. The average molecular weight is 268 g/mol. The zero-order valence-corrected chi connectivity index (χ0v) is 10.0. The van der Waals surface area contributed by atoms with Crippen molar-refractivity contribution >= 4 is 28.4 Å². The molecule has 18 heavy (non-hydrogen) atoms. The van der Waals surface area contributed by atoms with Crippen molar-refractivity contribution in [1.82, 2.24) is 24.6 Å². The minimum Gasteiger partial charge on any atom is -0.478 e. The number of tetrazole rings is 1. The molecule has 0 spiro atoms. The van der Waals surface area contributed by atoms with Crippen molar-refractivity contribution in [1.29, 1.82) is 0 Å². The number of carboxylic acid groups (broad SMARTS) is 1. The van der Waals surface area contributed by atoms with Gasteiger partial charge in [0, 0.05) is 0 Å². The summed E-state index contributed by atoms with van der Waals surface area (Å²) in [6.07, 6.45) is 1.29. The summed E-state index contributed by atoms with van der Waals surface area (Å²) in [5, 5.41) is 21.9. The summed E-state index contributed by atoms with van der Waals surface area (Å²) in [5.41, 5.74) is 0.371. The summed E-state index contributed by atoms with van der Waals surface area (Å²) in [7, 11) is 0. The van der Waals surface area contributed by atoms with Gasteiger partial charge in [0.2, 0.25) is 5.91 Å². The lowest BCUT2D eigenvalue weighted by molar-refractivity contribution is -0.116. The highest BCUT2D eigenvalue weighted by Crippen LogP contribution is 2.24. The van der Waals surface area contributed by atoms with Crippen LogP contribution in [0.1, 0.15) is 16.1 Å². The SMILES string of the molecule is Cc1nsc(NC(=O)Cn2cnnn2)c1C(=O)O. The van der Waals surface area contributed by atoms with Crippen LogP contribution < -0.4 is 5.32 Å². The molecule has 0 unspecified atom stereocenters. The Morgan fingerprint density at radius 2 is 2.33 bits per heavy atom. The second kappa shape index (κ2) is 4.87. The Labute approximate surface area is 105 Å². The number of aromatic nitrogens is 5. The number of hydrogen-bond acceptors (Lipinski definition) is 7. The van der Waals surface area contributed by atoms with Crippen LogP contribution in [-0.2, 0) is 11.3 Å². The minimum absolute atomic E-state index is 0.00469. The van der Waals surface area contributed by atoms with Crippen LogP contribution in [0.4, 0.5) is 5.00 Å². The molecule has 2 aromatic rings. The third-order valence-corrected chi connectivity index (χ3v) is 2.88. The molecule has 0 saturated heterocycles. The first-order chi connectivity index (χ1) is 8.58. The second-order valence-electron chi connectivity index (χ2n) is 3.33. The van der Waals surface area contributed by atoms with Crippen LogP contribution >= 0.6 is 11.5 Å². The van der Waals surface area contributed by atoms with Gasteiger partial charge in [-0.2, -0.15) is 4.37 Å². The molecule has 0 bridgehead atoms. The number of nitrogens with zero attached hydrogens (tertiary/aromatic N) is 5. The van der Waals surface area contributed by atoms with Crippen LogP contribution in [0.3, 0.4) is 0 Å². The van der Waals surface area contributed by atoms with Gasteiger partial charge >= 0.3 is 5.97 Å². The lowest BCUT2D eigenvalue weighted by Crippen LogP contribution is -2.19. The first kappa shape index (κ1) is 12.1. The molecule has 0 atom stereocenters. The molecule has 0 radical (unpaired) electrons. The molecule has 0 aliphatic heterocycles. The van der Waals surface area contributed by atoms with Crippen molar-refractivity contribution in [3.05, 3.63) is 17.6 Å². The highest BCUT2D eigenvalue weighted by Gasteiger charge is 2.19. The molecule has 2 N–H and O–H groups in total. The number of carbonyl (C=O) groups excluding carboxylic acids is 1.